The van der Waals surface area contributed by atoms with Crippen LogP contribution in [0.25, 0.3) is 10.6 Å². The van der Waals surface area contributed by atoms with Gasteiger partial charge in [-0.25, -0.2) is 9.97 Å². The second-order valence-corrected chi connectivity index (χ2v) is 14.5. The van der Waals surface area contributed by atoms with Crippen LogP contribution in [0.5, 0.6) is 0 Å². The third kappa shape index (κ3) is 5.55. The Morgan fingerprint density at radius 3 is 2.63 bits per heavy atom. The predicted molar refractivity (Wildman–Crippen MR) is 160 cm³/mol. The molecule has 43 heavy (non-hydrogen) atoms. The maximum Gasteiger partial charge on any atom is 0.420 e. The number of thiophene rings is 1. The molecule has 2 aliphatic carbocycles. The van der Waals surface area contributed by atoms with E-state index >= 15 is 0 Å². The van der Waals surface area contributed by atoms with Gasteiger partial charge in [-0.1, -0.05) is 6.07 Å². The highest BCUT2D eigenvalue weighted by molar-refractivity contribution is 7.99. The summed E-state index contributed by atoms with van der Waals surface area (Å²) >= 11 is 2.58. The standard InChI is InChI=1S/C31H32F3N5O2S2/c32-31(33,34)23-12-35-30(37-27(23)25-11-26-28(43-25)29(40)39(7-8-42-26)21-15-41-16-21)36-24-10-19-5-6-38(13-17-1-2-17)14-20(19)9-22(24)18-3-4-18/h9-12,17-18,21H,1-8,13-16H2,(H,35,36,37). The lowest BCUT2D eigenvalue weighted by molar-refractivity contribution is -0.137. The van der Waals surface area contributed by atoms with Crippen LogP contribution in [0, 0.1) is 5.92 Å². The lowest BCUT2D eigenvalue weighted by Gasteiger charge is -2.36. The zero-order valence-corrected chi connectivity index (χ0v) is 25.2. The monoisotopic (exact) mass is 627 g/mol. The first-order valence-electron chi connectivity index (χ1n) is 15.0. The largest absolute Gasteiger partial charge is 0.420 e. The van der Waals surface area contributed by atoms with Crippen LogP contribution in [0.1, 0.15) is 63.5 Å². The van der Waals surface area contributed by atoms with Gasteiger partial charge in [0, 0.05) is 48.7 Å². The van der Waals surface area contributed by atoms with E-state index in [-0.39, 0.29) is 23.6 Å². The summed E-state index contributed by atoms with van der Waals surface area (Å²) in [5, 5.41) is 3.31. The molecular weight excluding hydrogens is 596 g/mol. The minimum atomic E-state index is -4.64. The smallest absolute Gasteiger partial charge is 0.377 e. The number of carbonyl (C=O) groups is 1. The number of hydrogen-bond acceptors (Lipinski definition) is 8. The summed E-state index contributed by atoms with van der Waals surface area (Å²) in [7, 11) is 0. The third-order valence-corrected chi connectivity index (χ3v) is 11.4. The Balaban J connectivity index is 1.12. The number of alkyl halides is 3. The molecule has 3 fully saturated rings. The molecule has 226 valence electrons. The molecule has 1 N–H and O–H groups in total. The molecule has 0 bridgehead atoms. The summed E-state index contributed by atoms with van der Waals surface area (Å²) in [6.07, 6.45) is 2.08. The normalized spacial score (nSPS) is 21.3. The van der Waals surface area contributed by atoms with Gasteiger partial charge in [0.2, 0.25) is 5.95 Å². The molecule has 1 amide bonds. The first-order chi connectivity index (χ1) is 20.8. The van der Waals surface area contributed by atoms with Crippen molar-refractivity contribution in [3.8, 4) is 10.6 Å². The highest BCUT2D eigenvalue weighted by atomic mass is 32.2. The molecule has 1 aromatic carbocycles. The zero-order chi connectivity index (χ0) is 29.3. The summed E-state index contributed by atoms with van der Waals surface area (Å²) in [4.78, 5) is 27.8. The molecule has 0 spiro atoms. The summed E-state index contributed by atoms with van der Waals surface area (Å²) in [6.45, 7) is 4.73. The molecule has 1 saturated heterocycles. The van der Waals surface area contributed by atoms with Gasteiger partial charge < -0.3 is 15.0 Å². The van der Waals surface area contributed by atoms with Crippen LogP contribution in [-0.4, -0.2) is 70.3 Å². The molecule has 12 heteroatoms. The number of anilines is 2. The van der Waals surface area contributed by atoms with Gasteiger partial charge in [0.15, 0.2) is 0 Å². The number of nitrogens with one attached hydrogen (secondary N) is 1. The fraction of sp³-hybridized carbons (Fsp3) is 0.516. The van der Waals surface area contributed by atoms with Crippen LogP contribution in [-0.2, 0) is 23.9 Å². The number of benzene rings is 1. The van der Waals surface area contributed by atoms with E-state index in [9.17, 15) is 18.0 Å². The van der Waals surface area contributed by atoms with Crippen LogP contribution >= 0.6 is 23.1 Å². The van der Waals surface area contributed by atoms with Crippen LogP contribution in [0.3, 0.4) is 0 Å². The van der Waals surface area contributed by atoms with Gasteiger partial charge in [0.1, 0.15) is 10.4 Å². The molecule has 7 nitrogen and oxygen atoms in total. The quantitative estimate of drug-likeness (QED) is 0.318. The molecule has 0 unspecified atom stereocenters. The van der Waals surface area contributed by atoms with E-state index in [0.717, 1.165) is 61.5 Å². The summed E-state index contributed by atoms with van der Waals surface area (Å²) in [5.74, 6) is 1.95. The van der Waals surface area contributed by atoms with E-state index < -0.39 is 11.7 Å². The fourth-order valence-electron chi connectivity index (χ4n) is 6.29. The van der Waals surface area contributed by atoms with Crippen molar-refractivity contribution >= 4 is 40.6 Å². The van der Waals surface area contributed by atoms with Crippen molar-refractivity contribution in [1.82, 2.24) is 19.8 Å². The molecule has 2 aromatic heterocycles. The molecule has 8 rings (SSSR count). The van der Waals surface area contributed by atoms with E-state index in [1.54, 1.807) is 11.0 Å². The van der Waals surface area contributed by atoms with Crippen molar-refractivity contribution in [2.24, 2.45) is 5.92 Å². The minimum Gasteiger partial charge on any atom is -0.377 e. The highest BCUT2D eigenvalue weighted by Gasteiger charge is 2.39. The van der Waals surface area contributed by atoms with E-state index in [0.29, 0.717) is 46.1 Å². The van der Waals surface area contributed by atoms with Gasteiger partial charge in [0.05, 0.1) is 29.8 Å². The van der Waals surface area contributed by atoms with Crippen molar-refractivity contribution < 1.29 is 22.7 Å². The summed E-state index contributed by atoms with van der Waals surface area (Å²) < 4.78 is 48.0. The van der Waals surface area contributed by atoms with Crippen LogP contribution in [0.2, 0.25) is 0 Å². The number of halogens is 3. The molecule has 0 atom stereocenters. The van der Waals surface area contributed by atoms with E-state index in [1.807, 2.05) is 0 Å². The second kappa shape index (κ2) is 10.7. The van der Waals surface area contributed by atoms with E-state index in [2.05, 4.69) is 32.3 Å². The number of nitrogens with zero attached hydrogens (tertiary/aromatic N) is 4. The molecule has 5 heterocycles. The average Bonchev–Trinajstić information content (AvgIpc) is 3.89. The Bertz CT molecular complexity index is 1580. The molecule has 0 radical (unpaired) electrons. The van der Waals surface area contributed by atoms with Gasteiger partial charge in [-0.05, 0) is 72.8 Å². The maximum atomic E-state index is 14.2. The lowest BCUT2D eigenvalue weighted by Crippen LogP contribution is -2.52. The van der Waals surface area contributed by atoms with Gasteiger partial charge in [-0.15, -0.1) is 23.1 Å². The fourth-order valence-corrected chi connectivity index (χ4v) is 8.61. The minimum absolute atomic E-state index is 0.0174. The number of aromatic nitrogens is 2. The summed E-state index contributed by atoms with van der Waals surface area (Å²) in [6, 6.07) is 6.17. The van der Waals surface area contributed by atoms with E-state index in [1.165, 1.54) is 47.8 Å². The van der Waals surface area contributed by atoms with Crippen molar-refractivity contribution in [2.75, 3.05) is 43.9 Å². The average molecular weight is 628 g/mol. The number of thioether (sulfide) groups is 1. The van der Waals surface area contributed by atoms with Crippen LogP contribution in [0.15, 0.2) is 29.3 Å². The SMILES string of the molecule is O=C1c2sc(-c3nc(Nc4cc5c(cc4C4CC4)CN(CC4CC4)CC5)ncc3C(F)(F)F)cc2SCCN1C1COC1. The Morgan fingerprint density at radius 2 is 1.91 bits per heavy atom. The molecule has 3 aromatic rings. The summed E-state index contributed by atoms with van der Waals surface area (Å²) in [5.41, 5.74) is 3.62. The lowest BCUT2D eigenvalue weighted by atomic mass is 9.94. The van der Waals surface area contributed by atoms with Crippen molar-refractivity contribution in [2.45, 2.75) is 61.7 Å². The number of carbonyl (C=O) groups excluding carboxylic acids is 1. The third-order valence-electron chi connectivity index (χ3n) is 9.07. The topological polar surface area (TPSA) is 70.6 Å². The maximum absolute atomic E-state index is 14.2. The Kier molecular flexibility index (Phi) is 6.96. The van der Waals surface area contributed by atoms with Gasteiger partial charge >= 0.3 is 6.18 Å². The van der Waals surface area contributed by atoms with Crippen molar-refractivity contribution in [3.63, 3.8) is 0 Å². The van der Waals surface area contributed by atoms with Gasteiger partial charge in [-0.3, -0.25) is 9.69 Å². The number of amides is 1. The molecular formula is C31H32F3N5O2S2. The van der Waals surface area contributed by atoms with Crippen LogP contribution < -0.4 is 5.32 Å². The Labute approximate surface area is 256 Å². The van der Waals surface area contributed by atoms with E-state index in [4.69, 9.17) is 4.74 Å². The number of hydrogen-bond donors (Lipinski definition) is 1. The predicted octanol–water partition coefficient (Wildman–Crippen LogP) is 6.56. The van der Waals surface area contributed by atoms with Crippen molar-refractivity contribution in [3.05, 3.63) is 51.5 Å². The van der Waals surface area contributed by atoms with Gasteiger partial charge in [-0.2, -0.15) is 13.2 Å². The number of rotatable bonds is 7. The first kappa shape index (κ1) is 27.8. The molecule has 5 aliphatic rings. The van der Waals surface area contributed by atoms with Crippen LogP contribution in [0.4, 0.5) is 24.8 Å². The molecule has 3 aliphatic heterocycles. The van der Waals surface area contributed by atoms with Gasteiger partial charge in [0.25, 0.3) is 5.91 Å². The molecule has 2 saturated carbocycles. The second-order valence-electron chi connectivity index (χ2n) is 12.3. The number of ether oxygens (including phenoxy) is 1. The number of fused-ring (bicyclic) bond motifs is 2. The first-order valence-corrected chi connectivity index (χ1v) is 16.9. The van der Waals surface area contributed by atoms with Crippen molar-refractivity contribution in [1.29, 1.82) is 0 Å². The Hall–Kier alpha value is -2.67. The Morgan fingerprint density at radius 1 is 1.07 bits per heavy atom. The highest BCUT2D eigenvalue weighted by Crippen LogP contribution is 2.47. The zero-order valence-electron chi connectivity index (χ0n) is 23.6.